The Hall–Kier alpha value is -3.08. The minimum atomic E-state index is -0.556. The molecule has 3 rings (SSSR count). The van der Waals surface area contributed by atoms with Crippen LogP contribution in [0.15, 0.2) is 59.7 Å². The number of carbonyl (C=O) groups excluding carboxylic acids is 1. The van der Waals surface area contributed by atoms with Crippen molar-refractivity contribution in [1.29, 1.82) is 0 Å². The highest BCUT2D eigenvalue weighted by Crippen LogP contribution is 2.23. The van der Waals surface area contributed by atoms with E-state index in [9.17, 15) is 4.79 Å². The van der Waals surface area contributed by atoms with E-state index in [1.54, 1.807) is 19.5 Å². The van der Waals surface area contributed by atoms with Crippen LogP contribution in [0.1, 0.15) is 26.3 Å². The molecule has 5 heteroatoms. The van der Waals surface area contributed by atoms with E-state index in [2.05, 4.69) is 4.99 Å². The van der Waals surface area contributed by atoms with E-state index in [0.717, 1.165) is 27.9 Å². The van der Waals surface area contributed by atoms with Gasteiger partial charge in [-0.15, -0.1) is 0 Å². The Labute approximate surface area is 152 Å². The van der Waals surface area contributed by atoms with Crippen LogP contribution in [0.3, 0.4) is 0 Å². The third-order valence-electron chi connectivity index (χ3n) is 3.76. The number of fused-ring (bicyclic) bond motifs is 1. The van der Waals surface area contributed by atoms with Gasteiger partial charge in [0, 0.05) is 23.4 Å². The molecule has 0 radical (unpaired) electrons. The number of carbonyl (C=O) groups is 1. The van der Waals surface area contributed by atoms with Crippen molar-refractivity contribution in [3.8, 4) is 5.75 Å². The second-order valence-corrected chi connectivity index (χ2v) is 6.91. The fourth-order valence-corrected chi connectivity index (χ4v) is 2.58. The molecule has 26 heavy (non-hydrogen) atoms. The lowest BCUT2D eigenvalue weighted by Crippen LogP contribution is -2.26. The summed E-state index contributed by atoms with van der Waals surface area (Å²) in [6.07, 6.45) is 3.11. The van der Waals surface area contributed by atoms with Gasteiger partial charge in [-0.1, -0.05) is 18.2 Å². The molecule has 0 N–H and O–H groups in total. The third-order valence-corrected chi connectivity index (χ3v) is 3.76. The second kappa shape index (κ2) is 7.04. The first-order valence-corrected chi connectivity index (χ1v) is 8.39. The van der Waals surface area contributed by atoms with Crippen molar-refractivity contribution in [2.75, 3.05) is 7.11 Å². The molecule has 0 aliphatic rings. The van der Waals surface area contributed by atoms with Crippen molar-refractivity contribution >= 4 is 28.9 Å². The van der Waals surface area contributed by atoms with E-state index in [0.29, 0.717) is 0 Å². The van der Waals surface area contributed by atoms with E-state index in [-0.39, 0.29) is 0 Å². The summed E-state index contributed by atoms with van der Waals surface area (Å²) in [7, 11) is 1.63. The van der Waals surface area contributed by atoms with Crippen molar-refractivity contribution in [2.24, 2.45) is 4.99 Å². The fourth-order valence-electron chi connectivity index (χ4n) is 2.58. The number of methoxy groups -OCH3 is 1. The van der Waals surface area contributed by atoms with Crippen LogP contribution >= 0.6 is 0 Å². The van der Waals surface area contributed by atoms with Gasteiger partial charge in [0.25, 0.3) is 0 Å². The molecule has 0 saturated carbocycles. The predicted molar refractivity (Wildman–Crippen MR) is 104 cm³/mol. The smallest absolute Gasteiger partial charge is 0.419 e. The summed E-state index contributed by atoms with van der Waals surface area (Å²) >= 11 is 0. The average molecular weight is 350 g/mol. The molecule has 1 heterocycles. The Morgan fingerprint density at radius 3 is 2.42 bits per heavy atom. The van der Waals surface area contributed by atoms with Gasteiger partial charge < -0.3 is 9.47 Å². The first-order chi connectivity index (χ1) is 12.4. The summed E-state index contributed by atoms with van der Waals surface area (Å²) in [6, 6.07) is 15.2. The molecule has 3 aromatic rings. The number of rotatable bonds is 3. The van der Waals surface area contributed by atoms with Crippen LogP contribution in [-0.4, -0.2) is 29.6 Å². The van der Waals surface area contributed by atoms with Crippen LogP contribution in [0.5, 0.6) is 5.75 Å². The summed E-state index contributed by atoms with van der Waals surface area (Å²) in [4.78, 5) is 17.0. The zero-order chi connectivity index (χ0) is 18.7. The van der Waals surface area contributed by atoms with Crippen molar-refractivity contribution in [3.63, 3.8) is 0 Å². The molecular formula is C21H22N2O3. The molecule has 0 atom stereocenters. The lowest BCUT2D eigenvalue weighted by Gasteiger charge is -2.19. The maximum Gasteiger partial charge on any atom is 0.419 e. The normalized spacial score (nSPS) is 11.8. The molecule has 0 aliphatic carbocycles. The van der Waals surface area contributed by atoms with Gasteiger partial charge in [-0.05, 0) is 51.1 Å². The van der Waals surface area contributed by atoms with Crippen LogP contribution in [0.2, 0.25) is 0 Å². The summed E-state index contributed by atoms with van der Waals surface area (Å²) in [5, 5.41) is 0.940. The molecule has 0 saturated heterocycles. The van der Waals surface area contributed by atoms with Gasteiger partial charge in [-0.25, -0.2) is 4.79 Å². The zero-order valence-electron chi connectivity index (χ0n) is 15.4. The zero-order valence-corrected chi connectivity index (χ0v) is 15.4. The van der Waals surface area contributed by atoms with E-state index in [4.69, 9.17) is 9.47 Å². The van der Waals surface area contributed by atoms with Crippen LogP contribution in [0.25, 0.3) is 10.9 Å². The predicted octanol–water partition coefficient (Wildman–Crippen LogP) is 5.18. The molecule has 5 nitrogen and oxygen atoms in total. The highest BCUT2D eigenvalue weighted by atomic mass is 16.6. The lowest BCUT2D eigenvalue weighted by molar-refractivity contribution is 0.0544. The number of benzene rings is 2. The lowest BCUT2D eigenvalue weighted by atomic mass is 10.2. The van der Waals surface area contributed by atoms with Crippen LogP contribution < -0.4 is 4.74 Å². The summed E-state index contributed by atoms with van der Waals surface area (Å²) < 4.78 is 12.2. The van der Waals surface area contributed by atoms with Crippen LogP contribution in [-0.2, 0) is 4.74 Å². The molecule has 0 fully saturated rings. The van der Waals surface area contributed by atoms with Crippen molar-refractivity contribution in [1.82, 2.24) is 4.57 Å². The quantitative estimate of drug-likeness (QED) is 0.611. The van der Waals surface area contributed by atoms with Crippen LogP contribution in [0.4, 0.5) is 10.5 Å². The molecule has 0 unspecified atom stereocenters. The molecule has 134 valence electrons. The number of hydrogen-bond acceptors (Lipinski definition) is 4. The van der Waals surface area contributed by atoms with Gasteiger partial charge >= 0.3 is 6.09 Å². The average Bonchev–Trinajstić information content (AvgIpc) is 2.98. The number of nitrogens with zero attached hydrogens (tertiary/aromatic N) is 2. The van der Waals surface area contributed by atoms with Gasteiger partial charge in [-0.3, -0.25) is 9.56 Å². The van der Waals surface area contributed by atoms with Crippen LogP contribution in [0, 0.1) is 0 Å². The Bertz CT molecular complexity index is 948. The van der Waals surface area contributed by atoms with Gasteiger partial charge in [0.1, 0.15) is 11.4 Å². The maximum absolute atomic E-state index is 12.5. The highest BCUT2D eigenvalue weighted by Gasteiger charge is 2.20. The standard InChI is InChI=1S/C21H22N2O3/c1-21(2,3)26-20(24)23-14-15(18-7-5-6-8-19(18)23)13-22-16-9-11-17(25-4)12-10-16/h5-14H,1-4H3. The number of aromatic nitrogens is 1. The minimum Gasteiger partial charge on any atom is -0.497 e. The topological polar surface area (TPSA) is 52.8 Å². The summed E-state index contributed by atoms with van der Waals surface area (Å²) in [6.45, 7) is 5.55. The Morgan fingerprint density at radius 2 is 1.77 bits per heavy atom. The van der Waals surface area contributed by atoms with E-state index >= 15 is 0 Å². The summed E-state index contributed by atoms with van der Waals surface area (Å²) in [5.74, 6) is 0.783. The first-order valence-electron chi connectivity index (χ1n) is 8.39. The number of ether oxygens (including phenoxy) is 2. The maximum atomic E-state index is 12.5. The van der Waals surface area contributed by atoms with Gasteiger partial charge in [-0.2, -0.15) is 0 Å². The van der Waals surface area contributed by atoms with Gasteiger partial charge in [0.05, 0.1) is 18.3 Å². The summed E-state index contributed by atoms with van der Waals surface area (Å²) in [5.41, 5.74) is 1.89. The number of aliphatic imine (C=N–C) groups is 1. The molecule has 0 spiro atoms. The Balaban J connectivity index is 1.95. The van der Waals surface area contributed by atoms with Gasteiger partial charge in [0.15, 0.2) is 0 Å². The molecule has 0 bridgehead atoms. The number of para-hydroxylation sites is 1. The number of hydrogen-bond donors (Lipinski definition) is 0. The SMILES string of the molecule is COc1ccc(N=Cc2cn(C(=O)OC(C)(C)C)c3ccccc23)cc1. The first kappa shape index (κ1) is 17.7. The van der Waals surface area contributed by atoms with Crippen molar-refractivity contribution in [2.45, 2.75) is 26.4 Å². The molecule has 1 aromatic heterocycles. The largest absolute Gasteiger partial charge is 0.497 e. The fraction of sp³-hybridized carbons (Fsp3) is 0.238. The molecule has 2 aromatic carbocycles. The second-order valence-electron chi connectivity index (χ2n) is 6.91. The highest BCUT2D eigenvalue weighted by molar-refractivity contribution is 6.03. The van der Waals surface area contributed by atoms with Crippen molar-refractivity contribution < 1.29 is 14.3 Å². The Kier molecular flexibility index (Phi) is 4.80. The third kappa shape index (κ3) is 3.94. The molecule has 0 aliphatic heterocycles. The monoisotopic (exact) mass is 350 g/mol. The van der Waals surface area contributed by atoms with Crippen molar-refractivity contribution in [3.05, 3.63) is 60.3 Å². The Morgan fingerprint density at radius 1 is 1.08 bits per heavy atom. The van der Waals surface area contributed by atoms with E-state index < -0.39 is 11.7 Å². The molecular weight excluding hydrogens is 328 g/mol. The molecule has 0 amide bonds. The van der Waals surface area contributed by atoms with E-state index in [1.165, 1.54) is 4.57 Å². The minimum absolute atomic E-state index is 0.405. The van der Waals surface area contributed by atoms with Gasteiger partial charge in [0.2, 0.25) is 0 Å². The van der Waals surface area contributed by atoms with E-state index in [1.807, 2.05) is 69.3 Å².